The van der Waals surface area contributed by atoms with Gasteiger partial charge in [-0.3, -0.25) is 39.7 Å². The molecule has 0 saturated carbocycles. The maximum Gasteiger partial charge on any atom is 0.311 e. The average Bonchev–Trinajstić information content (AvgIpc) is 3.12. The van der Waals surface area contributed by atoms with Crippen LogP contribution < -0.4 is 10.7 Å². The van der Waals surface area contributed by atoms with E-state index in [0.29, 0.717) is 5.02 Å². The van der Waals surface area contributed by atoms with Crippen LogP contribution in [0, 0.1) is 16.0 Å². The second kappa shape index (κ2) is 10.3. The Hall–Kier alpha value is -3.70. The van der Waals surface area contributed by atoms with Crippen molar-refractivity contribution in [2.45, 2.75) is 6.42 Å². The first-order valence-electron chi connectivity index (χ1n) is 9.41. The highest BCUT2D eigenvalue weighted by molar-refractivity contribution is 6.36. The van der Waals surface area contributed by atoms with Crippen molar-refractivity contribution in [3.8, 4) is 0 Å². The first-order valence-corrected chi connectivity index (χ1v) is 10.2. The predicted octanol–water partition coefficient (Wildman–Crippen LogP) is 2.58. The normalized spacial score (nSPS) is 15.2. The number of non-ortho nitro benzene ring substituents is 1. The lowest BCUT2D eigenvalue weighted by Crippen LogP contribution is -2.43. The smallest absolute Gasteiger partial charge is 0.311 e. The molecule has 0 aliphatic carbocycles. The third-order valence-corrected chi connectivity index (χ3v) is 5.10. The first-order chi connectivity index (χ1) is 15.6. The van der Waals surface area contributed by atoms with E-state index in [9.17, 15) is 29.3 Å². The summed E-state index contributed by atoms with van der Waals surface area (Å²) in [5.41, 5.74) is 2.42. The number of hydrogen-bond acceptors (Lipinski definition) is 7. The van der Waals surface area contributed by atoms with Gasteiger partial charge in [0.2, 0.25) is 5.91 Å². The predicted molar refractivity (Wildman–Crippen MR) is 116 cm³/mol. The summed E-state index contributed by atoms with van der Waals surface area (Å²) in [7, 11) is 0. The van der Waals surface area contributed by atoms with Crippen LogP contribution in [0.15, 0.2) is 42.5 Å². The summed E-state index contributed by atoms with van der Waals surface area (Å²) in [6.07, 6.45) is -0.222. The lowest BCUT2D eigenvalue weighted by molar-refractivity contribution is -0.384. The van der Waals surface area contributed by atoms with E-state index in [-0.39, 0.29) is 34.9 Å². The summed E-state index contributed by atoms with van der Waals surface area (Å²) < 4.78 is 4.94. The average molecular weight is 495 g/mol. The number of rotatable bonds is 7. The number of ether oxygens (including phenoxy) is 1. The zero-order chi connectivity index (χ0) is 24.1. The van der Waals surface area contributed by atoms with Gasteiger partial charge in [0.25, 0.3) is 17.5 Å². The summed E-state index contributed by atoms with van der Waals surface area (Å²) in [5.74, 6) is -3.59. The fraction of sp³-hybridized carbons (Fsp3) is 0.200. The minimum Gasteiger partial charge on any atom is -0.455 e. The second-order valence-electron chi connectivity index (χ2n) is 6.93. The van der Waals surface area contributed by atoms with Crippen molar-refractivity contribution in [1.82, 2.24) is 10.4 Å². The molecule has 0 spiro atoms. The number of nitro benzene ring substituents is 1. The molecule has 0 aromatic heterocycles. The number of carbonyl (C=O) groups is 4. The number of nitrogens with one attached hydrogen (secondary N) is 2. The van der Waals surface area contributed by atoms with E-state index in [4.69, 9.17) is 27.9 Å². The van der Waals surface area contributed by atoms with Gasteiger partial charge < -0.3 is 10.1 Å². The van der Waals surface area contributed by atoms with Gasteiger partial charge in [0.1, 0.15) is 0 Å². The molecule has 172 valence electrons. The minimum absolute atomic E-state index is 0.0948. The molecule has 1 saturated heterocycles. The van der Waals surface area contributed by atoms with Crippen molar-refractivity contribution >= 4 is 58.3 Å². The number of nitrogens with zero attached hydrogens (tertiary/aromatic N) is 2. The molecular formula is C20H16Cl2N4O7. The van der Waals surface area contributed by atoms with Gasteiger partial charge in [0.05, 0.1) is 28.0 Å². The molecule has 13 heteroatoms. The number of halogens is 2. The van der Waals surface area contributed by atoms with Crippen molar-refractivity contribution in [2.24, 2.45) is 5.92 Å². The fourth-order valence-electron chi connectivity index (χ4n) is 2.98. The van der Waals surface area contributed by atoms with E-state index in [1.54, 1.807) is 0 Å². The number of hydrogen-bond donors (Lipinski definition) is 2. The zero-order valence-electron chi connectivity index (χ0n) is 16.7. The Morgan fingerprint density at radius 2 is 1.94 bits per heavy atom. The molecule has 2 N–H and O–H groups in total. The van der Waals surface area contributed by atoms with Crippen LogP contribution in [-0.4, -0.2) is 46.8 Å². The van der Waals surface area contributed by atoms with Crippen molar-refractivity contribution < 1.29 is 28.8 Å². The van der Waals surface area contributed by atoms with Crippen molar-refractivity contribution in [3.63, 3.8) is 0 Å². The van der Waals surface area contributed by atoms with Crippen LogP contribution in [0.1, 0.15) is 16.8 Å². The Labute approximate surface area is 196 Å². The maximum atomic E-state index is 12.4. The number of esters is 1. The highest BCUT2D eigenvalue weighted by atomic mass is 35.5. The van der Waals surface area contributed by atoms with Gasteiger partial charge in [-0.2, -0.15) is 0 Å². The first kappa shape index (κ1) is 24.0. The Morgan fingerprint density at radius 3 is 2.64 bits per heavy atom. The van der Waals surface area contributed by atoms with Crippen molar-refractivity contribution in [1.29, 1.82) is 0 Å². The summed E-state index contributed by atoms with van der Waals surface area (Å²) in [6.45, 7) is -0.805. The molecule has 1 aliphatic rings. The van der Waals surface area contributed by atoms with E-state index in [0.717, 1.165) is 11.1 Å². The largest absolute Gasteiger partial charge is 0.455 e. The van der Waals surface area contributed by atoms with E-state index in [1.165, 1.54) is 36.4 Å². The molecule has 1 heterocycles. The maximum absolute atomic E-state index is 12.4. The molecule has 1 aliphatic heterocycles. The minimum atomic E-state index is -0.899. The monoisotopic (exact) mass is 494 g/mol. The van der Waals surface area contributed by atoms with Crippen LogP contribution >= 0.6 is 23.2 Å². The van der Waals surface area contributed by atoms with Crippen LogP contribution in [0.4, 0.5) is 11.4 Å². The molecular weight excluding hydrogens is 479 g/mol. The third-order valence-electron chi connectivity index (χ3n) is 4.56. The molecule has 2 aromatic carbocycles. The number of benzene rings is 2. The number of amides is 3. The molecule has 1 fully saturated rings. The SMILES string of the molecule is O=C(COC(=O)[C@@H]1CC(=O)N(NC(=O)c2ccc(Cl)cc2Cl)C1)Nc1cccc([N+](=O)[O-])c1. The Kier molecular flexibility index (Phi) is 7.46. The van der Waals surface area contributed by atoms with Crippen molar-refractivity contribution in [2.75, 3.05) is 18.5 Å². The molecule has 3 amide bonds. The lowest BCUT2D eigenvalue weighted by atomic mass is 10.1. The molecule has 33 heavy (non-hydrogen) atoms. The Bertz CT molecular complexity index is 1140. The fourth-order valence-corrected chi connectivity index (χ4v) is 3.47. The zero-order valence-corrected chi connectivity index (χ0v) is 18.3. The molecule has 2 aromatic rings. The Morgan fingerprint density at radius 1 is 1.18 bits per heavy atom. The van der Waals surface area contributed by atoms with E-state index < -0.39 is 41.1 Å². The number of anilines is 1. The van der Waals surface area contributed by atoms with Gasteiger partial charge in [-0.05, 0) is 24.3 Å². The summed E-state index contributed by atoms with van der Waals surface area (Å²) in [5, 5.41) is 14.6. The van der Waals surface area contributed by atoms with Crippen LogP contribution in [0.25, 0.3) is 0 Å². The van der Waals surface area contributed by atoms with Gasteiger partial charge in [-0.1, -0.05) is 29.3 Å². The molecule has 1 atom stereocenters. The number of hydrazine groups is 1. The topological polar surface area (TPSA) is 148 Å². The van der Waals surface area contributed by atoms with E-state index >= 15 is 0 Å². The van der Waals surface area contributed by atoms with Crippen LogP contribution in [0.5, 0.6) is 0 Å². The van der Waals surface area contributed by atoms with Gasteiger partial charge in [0, 0.05) is 29.3 Å². The quantitative estimate of drug-likeness (QED) is 0.341. The molecule has 11 nitrogen and oxygen atoms in total. The molecule has 0 unspecified atom stereocenters. The van der Waals surface area contributed by atoms with Gasteiger partial charge in [0.15, 0.2) is 6.61 Å². The molecule has 0 radical (unpaired) electrons. The van der Waals surface area contributed by atoms with E-state index in [1.807, 2.05) is 0 Å². The molecule has 0 bridgehead atoms. The second-order valence-corrected chi connectivity index (χ2v) is 7.78. The van der Waals surface area contributed by atoms with Crippen LogP contribution in [-0.2, 0) is 19.1 Å². The highest BCUT2D eigenvalue weighted by Gasteiger charge is 2.37. The van der Waals surface area contributed by atoms with Crippen LogP contribution in [0.2, 0.25) is 10.0 Å². The Balaban J connectivity index is 1.50. The summed E-state index contributed by atoms with van der Waals surface area (Å²) in [6, 6.07) is 9.49. The van der Waals surface area contributed by atoms with Gasteiger partial charge >= 0.3 is 5.97 Å². The van der Waals surface area contributed by atoms with Gasteiger partial charge in [-0.25, -0.2) is 0 Å². The van der Waals surface area contributed by atoms with E-state index in [2.05, 4.69) is 10.7 Å². The van der Waals surface area contributed by atoms with Crippen molar-refractivity contribution in [3.05, 3.63) is 68.2 Å². The van der Waals surface area contributed by atoms with Gasteiger partial charge in [-0.15, -0.1) is 0 Å². The van der Waals surface area contributed by atoms with Crippen LogP contribution in [0.3, 0.4) is 0 Å². The molecule has 3 rings (SSSR count). The number of carbonyl (C=O) groups excluding carboxylic acids is 4. The summed E-state index contributed by atoms with van der Waals surface area (Å²) >= 11 is 11.8. The standard InChI is InChI=1S/C20H16Cl2N4O7/c21-12-4-5-15(16(22)7-12)19(29)24-25-9-11(6-18(25)28)20(30)33-10-17(27)23-13-2-1-3-14(8-13)26(31)32/h1-5,7-8,11H,6,9-10H2,(H,23,27)(H,24,29)/t11-/m1/s1. The highest BCUT2D eigenvalue weighted by Crippen LogP contribution is 2.22. The lowest BCUT2D eigenvalue weighted by Gasteiger charge is -2.18. The third kappa shape index (κ3) is 6.18. The number of nitro groups is 1. The summed E-state index contributed by atoms with van der Waals surface area (Å²) in [4.78, 5) is 59.0.